The van der Waals surface area contributed by atoms with Crippen LogP contribution >= 0.6 is 0 Å². The molecular formula is C26H26Si. The van der Waals surface area contributed by atoms with E-state index in [1.54, 1.807) is 10.4 Å². The summed E-state index contributed by atoms with van der Waals surface area (Å²) in [5.41, 5.74) is 4.22. The molecule has 0 aliphatic carbocycles. The first kappa shape index (κ1) is 16.8. The van der Waals surface area contributed by atoms with Crippen LogP contribution in [0.2, 0.25) is 11.1 Å². The van der Waals surface area contributed by atoms with Crippen LogP contribution < -0.4 is 10.4 Å². The van der Waals surface area contributed by atoms with Crippen LogP contribution in [0.4, 0.5) is 0 Å². The van der Waals surface area contributed by atoms with Crippen molar-refractivity contribution in [2.24, 2.45) is 0 Å². The van der Waals surface area contributed by atoms with Crippen molar-refractivity contribution in [2.75, 3.05) is 0 Å². The van der Waals surface area contributed by atoms with Gasteiger partial charge in [-0.15, -0.1) is 0 Å². The van der Waals surface area contributed by atoms with E-state index < -0.39 is 8.07 Å². The van der Waals surface area contributed by atoms with Crippen LogP contribution in [0.25, 0.3) is 32.7 Å². The van der Waals surface area contributed by atoms with Gasteiger partial charge in [-0.1, -0.05) is 94.4 Å². The molecule has 1 heterocycles. The van der Waals surface area contributed by atoms with Crippen molar-refractivity contribution < 1.29 is 0 Å². The number of rotatable bonds is 2. The highest BCUT2D eigenvalue weighted by Crippen LogP contribution is 2.43. The first-order valence-electron chi connectivity index (χ1n) is 10.1. The van der Waals surface area contributed by atoms with Gasteiger partial charge in [-0.25, -0.2) is 0 Å². The van der Waals surface area contributed by atoms with E-state index in [0.29, 0.717) is 11.1 Å². The molecule has 0 aromatic heterocycles. The summed E-state index contributed by atoms with van der Waals surface area (Å²) in [5, 5.41) is 8.94. The van der Waals surface area contributed by atoms with Gasteiger partial charge in [0, 0.05) is 0 Å². The summed E-state index contributed by atoms with van der Waals surface area (Å²) < 4.78 is 0. The number of benzene rings is 4. The Balaban J connectivity index is 2.09. The Bertz CT molecular complexity index is 1180. The standard InChI is InChI=1S/C26H26Si/c1-17(2)27(18(3)4)24-14-8-7-12-21(24)23-16-19-10-5-6-11-20(19)22-13-9-15-25(27)26(22)23/h5-18H,1-4H3. The van der Waals surface area contributed by atoms with Crippen molar-refractivity contribution in [3.63, 3.8) is 0 Å². The van der Waals surface area contributed by atoms with Crippen molar-refractivity contribution in [2.45, 2.75) is 38.8 Å². The van der Waals surface area contributed by atoms with Crippen LogP contribution in [0.15, 0.2) is 72.8 Å². The lowest BCUT2D eigenvalue weighted by Crippen LogP contribution is -2.64. The quantitative estimate of drug-likeness (QED) is 0.286. The average Bonchev–Trinajstić information content (AvgIpc) is 2.68. The molecule has 0 saturated carbocycles. The Kier molecular flexibility index (Phi) is 3.61. The summed E-state index contributed by atoms with van der Waals surface area (Å²) in [6.45, 7) is 9.81. The molecule has 5 rings (SSSR count). The summed E-state index contributed by atoms with van der Waals surface area (Å²) >= 11 is 0. The van der Waals surface area contributed by atoms with E-state index in [1.807, 2.05) is 0 Å². The maximum absolute atomic E-state index is 2.45. The second kappa shape index (κ2) is 5.81. The second-order valence-electron chi connectivity index (χ2n) is 8.60. The summed E-state index contributed by atoms with van der Waals surface area (Å²) in [5.74, 6) is 0. The molecule has 0 N–H and O–H groups in total. The third-order valence-electron chi connectivity index (χ3n) is 6.81. The van der Waals surface area contributed by atoms with Crippen molar-refractivity contribution >= 4 is 40.0 Å². The molecule has 0 radical (unpaired) electrons. The number of hydrogen-bond acceptors (Lipinski definition) is 0. The minimum absolute atomic E-state index is 0.656. The van der Waals surface area contributed by atoms with Crippen LogP contribution in [0.5, 0.6) is 0 Å². The first-order valence-corrected chi connectivity index (χ1v) is 12.3. The van der Waals surface area contributed by atoms with Gasteiger partial charge in [-0.3, -0.25) is 0 Å². The fraction of sp³-hybridized carbons (Fsp3) is 0.231. The molecule has 4 aromatic rings. The Morgan fingerprint density at radius 2 is 1.22 bits per heavy atom. The van der Waals surface area contributed by atoms with E-state index in [4.69, 9.17) is 0 Å². The van der Waals surface area contributed by atoms with E-state index in [0.717, 1.165) is 0 Å². The molecule has 0 saturated heterocycles. The largest absolute Gasteiger partial charge is 0.124 e. The zero-order valence-corrected chi connectivity index (χ0v) is 17.6. The maximum atomic E-state index is 2.45. The molecule has 0 bridgehead atoms. The molecule has 1 heteroatoms. The zero-order valence-electron chi connectivity index (χ0n) is 16.6. The van der Waals surface area contributed by atoms with E-state index >= 15 is 0 Å². The van der Waals surface area contributed by atoms with E-state index in [9.17, 15) is 0 Å². The Hall–Kier alpha value is -2.38. The number of hydrogen-bond donors (Lipinski definition) is 0. The third-order valence-corrected chi connectivity index (χ3v) is 13.1. The molecule has 0 unspecified atom stereocenters. The maximum Gasteiger partial charge on any atom is 0.124 e. The molecule has 4 aromatic carbocycles. The monoisotopic (exact) mass is 366 g/mol. The van der Waals surface area contributed by atoms with Gasteiger partial charge in [0.25, 0.3) is 0 Å². The van der Waals surface area contributed by atoms with Gasteiger partial charge in [0.2, 0.25) is 0 Å². The lowest BCUT2D eigenvalue weighted by Gasteiger charge is -2.45. The van der Waals surface area contributed by atoms with Gasteiger partial charge < -0.3 is 0 Å². The molecular weight excluding hydrogens is 340 g/mol. The Morgan fingerprint density at radius 3 is 2.00 bits per heavy atom. The Labute approximate surface area is 162 Å². The lowest BCUT2D eigenvalue weighted by molar-refractivity contribution is 0.928. The summed E-state index contributed by atoms with van der Waals surface area (Å²) in [4.78, 5) is 0. The normalized spacial score (nSPS) is 14.9. The SMILES string of the molecule is CC(C)[Si]1(C(C)C)c2ccccc2-c2cc3ccccc3c3cccc1c23. The van der Waals surface area contributed by atoms with Crippen molar-refractivity contribution in [3.05, 3.63) is 72.8 Å². The minimum atomic E-state index is -1.90. The first-order chi connectivity index (χ1) is 13.1. The second-order valence-corrected chi connectivity index (χ2v) is 13.7. The molecule has 134 valence electrons. The van der Waals surface area contributed by atoms with Gasteiger partial charge in [0.15, 0.2) is 0 Å². The van der Waals surface area contributed by atoms with Crippen LogP contribution in [-0.4, -0.2) is 8.07 Å². The van der Waals surface area contributed by atoms with Gasteiger partial charge in [-0.05, 0) is 60.2 Å². The van der Waals surface area contributed by atoms with Gasteiger partial charge in [-0.2, -0.15) is 0 Å². The molecule has 0 spiro atoms. The number of fused-ring (bicyclic) bond motifs is 4. The fourth-order valence-corrected chi connectivity index (χ4v) is 12.1. The van der Waals surface area contributed by atoms with Gasteiger partial charge >= 0.3 is 0 Å². The average molecular weight is 367 g/mol. The smallest absolute Gasteiger partial charge is 0.0645 e. The predicted octanol–water partition coefficient (Wildman–Crippen LogP) is 6.36. The Morgan fingerprint density at radius 1 is 0.593 bits per heavy atom. The highest BCUT2D eigenvalue weighted by molar-refractivity contribution is 7.06. The molecule has 1 aliphatic rings. The molecule has 1 aliphatic heterocycles. The van der Waals surface area contributed by atoms with Crippen LogP contribution in [-0.2, 0) is 0 Å². The fourth-order valence-electron chi connectivity index (χ4n) is 5.85. The van der Waals surface area contributed by atoms with E-state index in [-0.39, 0.29) is 0 Å². The van der Waals surface area contributed by atoms with E-state index in [2.05, 4.69) is 100 Å². The molecule has 0 nitrogen and oxygen atoms in total. The van der Waals surface area contributed by atoms with E-state index in [1.165, 1.54) is 32.7 Å². The summed E-state index contributed by atoms with van der Waals surface area (Å²) in [6.07, 6.45) is 0. The minimum Gasteiger partial charge on any atom is -0.0645 e. The van der Waals surface area contributed by atoms with Crippen molar-refractivity contribution in [1.29, 1.82) is 0 Å². The lowest BCUT2D eigenvalue weighted by atomic mass is 9.93. The van der Waals surface area contributed by atoms with Gasteiger partial charge in [0.05, 0.1) is 0 Å². The summed E-state index contributed by atoms with van der Waals surface area (Å²) in [7, 11) is -1.90. The highest BCUT2D eigenvalue weighted by atomic mass is 28.3. The van der Waals surface area contributed by atoms with Crippen LogP contribution in [0.3, 0.4) is 0 Å². The zero-order chi connectivity index (χ0) is 18.8. The molecule has 0 atom stereocenters. The molecule has 0 fully saturated rings. The highest BCUT2D eigenvalue weighted by Gasteiger charge is 2.48. The van der Waals surface area contributed by atoms with Gasteiger partial charge in [0.1, 0.15) is 8.07 Å². The van der Waals surface area contributed by atoms with Crippen LogP contribution in [0.1, 0.15) is 27.7 Å². The van der Waals surface area contributed by atoms with Crippen LogP contribution in [0, 0.1) is 0 Å². The predicted molar refractivity (Wildman–Crippen MR) is 122 cm³/mol. The molecule has 0 amide bonds. The summed E-state index contributed by atoms with van der Waals surface area (Å²) in [6, 6.07) is 27.6. The van der Waals surface area contributed by atoms with Crippen molar-refractivity contribution in [3.8, 4) is 11.1 Å². The molecule has 27 heavy (non-hydrogen) atoms. The van der Waals surface area contributed by atoms with Crippen molar-refractivity contribution in [1.82, 2.24) is 0 Å². The third kappa shape index (κ3) is 2.04. The topological polar surface area (TPSA) is 0 Å².